The van der Waals surface area contributed by atoms with Crippen LogP contribution in [0.2, 0.25) is 0 Å². The lowest BCUT2D eigenvalue weighted by atomic mass is 10.0. The molecule has 2 N–H and O–H groups in total. The van der Waals surface area contributed by atoms with Gasteiger partial charge in [-0.25, -0.2) is 17.2 Å². The number of anilines is 1. The molecule has 7 heteroatoms. The number of fused-ring (bicyclic) bond motifs is 1. The summed E-state index contributed by atoms with van der Waals surface area (Å²) in [6.45, 7) is 5.56. The lowest BCUT2D eigenvalue weighted by Crippen LogP contribution is -2.34. The van der Waals surface area contributed by atoms with Gasteiger partial charge in [0.2, 0.25) is 0 Å². The molecule has 0 fully saturated rings. The molecule has 0 aliphatic rings. The van der Waals surface area contributed by atoms with Crippen LogP contribution in [-0.4, -0.2) is 29.5 Å². The van der Waals surface area contributed by atoms with Gasteiger partial charge in [0.25, 0.3) is 10.0 Å². The zero-order valence-corrected chi connectivity index (χ0v) is 16.2. The SMILES string of the molecule is Cc1ccc(S(=O)(=O)n2ccc3cc(N[C@H](C(=O)O)C(C)C)ccc32)cc1. The molecule has 0 bridgehead atoms. The summed E-state index contributed by atoms with van der Waals surface area (Å²) in [5, 5.41) is 13.0. The number of hydrogen-bond acceptors (Lipinski definition) is 4. The van der Waals surface area contributed by atoms with Crippen LogP contribution in [0.3, 0.4) is 0 Å². The van der Waals surface area contributed by atoms with E-state index in [1.165, 1.54) is 10.2 Å². The fourth-order valence-corrected chi connectivity index (χ4v) is 4.29. The normalized spacial score (nSPS) is 13.0. The van der Waals surface area contributed by atoms with Gasteiger partial charge in [-0.15, -0.1) is 0 Å². The van der Waals surface area contributed by atoms with Crippen LogP contribution >= 0.6 is 0 Å². The van der Waals surface area contributed by atoms with Crippen molar-refractivity contribution in [1.29, 1.82) is 0 Å². The van der Waals surface area contributed by atoms with Gasteiger partial charge < -0.3 is 10.4 Å². The van der Waals surface area contributed by atoms with Crippen molar-refractivity contribution in [3.05, 3.63) is 60.3 Å². The molecule has 0 saturated heterocycles. The Morgan fingerprint density at radius 2 is 1.74 bits per heavy atom. The average molecular weight is 386 g/mol. The van der Waals surface area contributed by atoms with Crippen LogP contribution < -0.4 is 5.32 Å². The lowest BCUT2D eigenvalue weighted by Gasteiger charge is -2.19. The van der Waals surface area contributed by atoms with Crippen molar-refractivity contribution in [3.63, 3.8) is 0 Å². The second-order valence-corrected chi connectivity index (χ2v) is 8.72. The number of aromatic nitrogens is 1. The number of rotatable bonds is 6. The van der Waals surface area contributed by atoms with Crippen molar-refractivity contribution in [2.24, 2.45) is 5.92 Å². The minimum Gasteiger partial charge on any atom is -0.480 e. The molecule has 3 rings (SSSR count). The van der Waals surface area contributed by atoms with Crippen LogP contribution in [0, 0.1) is 12.8 Å². The molecule has 0 amide bonds. The molecule has 0 radical (unpaired) electrons. The third kappa shape index (κ3) is 3.68. The quantitative estimate of drug-likeness (QED) is 0.674. The third-order valence-electron chi connectivity index (χ3n) is 4.49. The van der Waals surface area contributed by atoms with Crippen LogP contribution in [0.1, 0.15) is 19.4 Å². The van der Waals surface area contributed by atoms with E-state index in [1.807, 2.05) is 20.8 Å². The second kappa shape index (κ2) is 7.08. The van der Waals surface area contributed by atoms with Gasteiger partial charge in [-0.05, 0) is 49.2 Å². The van der Waals surface area contributed by atoms with E-state index in [-0.39, 0.29) is 10.8 Å². The van der Waals surface area contributed by atoms with Gasteiger partial charge in [-0.2, -0.15) is 0 Å². The van der Waals surface area contributed by atoms with Crippen molar-refractivity contribution in [1.82, 2.24) is 3.97 Å². The summed E-state index contributed by atoms with van der Waals surface area (Å²) in [4.78, 5) is 11.6. The van der Waals surface area contributed by atoms with Crippen molar-refractivity contribution in [2.45, 2.75) is 31.7 Å². The van der Waals surface area contributed by atoms with Gasteiger partial charge in [0.15, 0.2) is 0 Å². The molecule has 2 aromatic carbocycles. The Morgan fingerprint density at radius 3 is 2.33 bits per heavy atom. The average Bonchev–Trinajstić information content (AvgIpc) is 3.03. The summed E-state index contributed by atoms with van der Waals surface area (Å²) in [6.07, 6.45) is 1.51. The third-order valence-corrected chi connectivity index (χ3v) is 6.19. The van der Waals surface area contributed by atoms with Gasteiger partial charge in [0.05, 0.1) is 10.4 Å². The highest BCUT2D eigenvalue weighted by Crippen LogP contribution is 2.26. The molecule has 142 valence electrons. The van der Waals surface area contributed by atoms with Crippen molar-refractivity contribution < 1.29 is 18.3 Å². The first-order valence-corrected chi connectivity index (χ1v) is 10.1. The standard InChI is InChI=1S/C20H22N2O4S/c1-13(2)19(20(23)24)21-16-6-9-18-15(12-16)10-11-22(18)27(25,26)17-7-4-14(3)5-8-17/h4-13,19,21H,1-3H3,(H,23,24)/t19-/m0/s1. The molecular weight excluding hydrogens is 364 g/mol. The van der Waals surface area contributed by atoms with Gasteiger partial charge in [0, 0.05) is 17.3 Å². The molecule has 1 atom stereocenters. The Bertz CT molecular complexity index is 1080. The monoisotopic (exact) mass is 386 g/mol. The van der Waals surface area contributed by atoms with E-state index >= 15 is 0 Å². The Hall–Kier alpha value is -2.80. The predicted octanol–water partition coefficient (Wildman–Crippen LogP) is 3.71. The van der Waals surface area contributed by atoms with Crippen LogP contribution in [0.4, 0.5) is 5.69 Å². The van der Waals surface area contributed by atoms with Crippen LogP contribution in [-0.2, 0) is 14.8 Å². The first-order chi connectivity index (χ1) is 12.7. The van der Waals surface area contributed by atoms with Gasteiger partial charge in [0.1, 0.15) is 6.04 Å². The fourth-order valence-electron chi connectivity index (χ4n) is 2.93. The number of carboxylic acids is 1. The zero-order valence-electron chi connectivity index (χ0n) is 15.4. The summed E-state index contributed by atoms with van der Waals surface area (Å²) in [6, 6.07) is 12.8. The van der Waals surface area contributed by atoms with Crippen LogP contribution in [0.5, 0.6) is 0 Å². The maximum Gasteiger partial charge on any atom is 0.326 e. The highest BCUT2D eigenvalue weighted by Gasteiger charge is 2.22. The minimum atomic E-state index is -3.70. The molecular formula is C20H22N2O4S. The van der Waals surface area contributed by atoms with E-state index in [2.05, 4.69) is 5.32 Å². The number of nitrogens with zero attached hydrogens (tertiary/aromatic N) is 1. The summed E-state index contributed by atoms with van der Waals surface area (Å²) in [5.41, 5.74) is 2.16. The second-order valence-electron chi connectivity index (χ2n) is 6.91. The Morgan fingerprint density at radius 1 is 1.07 bits per heavy atom. The summed E-state index contributed by atoms with van der Waals surface area (Å²) < 4.78 is 27.1. The highest BCUT2D eigenvalue weighted by molar-refractivity contribution is 7.90. The number of carbonyl (C=O) groups is 1. The minimum absolute atomic E-state index is 0.0929. The van der Waals surface area contributed by atoms with E-state index in [0.717, 1.165) is 5.56 Å². The molecule has 1 aromatic heterocycles. The molecule has 6 nitrogen and oxygen atoms in total. The van der Waals surface area contributed by atoms with E-state index in [1.54, 1.807) is 48.5 Å². The Balaban J connectivity index is 1.98. The van der Waals surface area contributed by atoms with Crippen LogP contribution in [0.25, 0.3) is 10.9 Å². The van der Waals surface area contributed by atoms with Crippen molar-refractivity contribution in [3.8, 4) is 0 Å². The molecule has 0 aliphatic carbocycles. The molecule has 3 aromatic rings. The number of aliphatic carboxylic acids is 1. The van der Waals surface area contributed by atoms with Gasteiger partial charge in [-0.1, -0.05) is 31.5 Å². The Kier molecular flexibility index (Phi) is 4.97. The van der Waals surface area contributed by atoms with Gasteiger partial charge >= 0.3 is 5.97 Å². The molecule has 1 heterocycles. The lowest BCUT2D eigenvalue weighted by molar-refractivity contribution is -0.138. The zero-order chi connectivity index (χ0) is 19.8. The van der Waals surface area contributed by atoms with Crippen molar-refractivity contribution in [2.75, 3.05) is 5.32 Å². The molecule has 27 heavy (non-hydrogen) atoms. The Labute approximate surface area is 158 Å². The first kappa shape index (κ1) is 19.0. The number of nitrogens with one attached hydrogen (secondary N) is 1. The van der Waals surface area contributed by atoms with E-state index in [4.69, 9.17) is 0 Å². The number of aryl methyl sites for hydroxylation is 1. The molecule has 0 saturated carbocycles. The summed E-state index contributed by atoms with van der Waals surface area (Å²) in [5.74, 6) is -1.02. The highest BCUT2D eigenvalue weighted by atomic mass is 32.2. The molecule has 0 aliphatic heterocycles. The smallest absolute Gasteiger partial charge is 0.326 e. The largest absolute Gasteiger partial charge is 0.480 e. The fraction of sp³-hybridized carbons (Fsp3) is 0.250. The van der Waals surface area contributed by atoms with E-state index in [9.17, 15) is 18.3 Å². The number of carboxylic acid groups (broad SMARTS) is 1. The topological polar surface area (TPSA) is 88.4 Å². The number of hydrogen-bond donors (Lipinski definition) is 2. The predicted molar refractivity (Wildman–Crippen MR) is 106 cm³/mol. The first-order valence-electron chi connectivity index (χ1n) is 8.63. The molecule has 0 unspecified atom stereocenters. The van der Waals surface area contributed by atoms with E-state index < -0.39 is 22.0 Å². The van der Waals surface area contributed by atoms with Crippen molar-refractivity contribution >= 4 is 32.6 Å². The molecule has 0 spiro atoms. The maximum atomic E-state index is 12.9. The van der Waals surface area contributed by atoms with Gasteiger partial charge in [-0.3, -0.25) is 0 Å². The summed E-state index contributed by atoms with van der Waals surface area (Å²) >= 11 is 0. The summed E-state index contributed by atoms with van der Waals surface area (Å²) in [7, 11) is -3.70. The maximum absolute atomic E-state index is 12.9. The van der Waals surface area contributed by atoms with Crippen LogP contribution in [0.15, 0.2) is 59.6 Å². The number of benzene rings is 2. The van der Waals surface area contributed by atoms with E-state index in [0.29, 0.717) is 16.6 Å².